The van der Waals surface area contributed by atoms with Gasteiger partial charge in [0.15, 0.2) is 0 Å². The molecule has 0 aliphatic heterocycles. The number of carbonyl (C=O) groups excluding carboxylic acids is 1. The van der Waals surface area contributed by atoms with Crippen LogP contribution in [-0.2, 0) is 4.79 Å². The Morgan fingerprint density at radius 1 is 1.56 bits per heavy atom. The summed E-state index contributed by atoms with van der Waals surface area (Å²) in [4.78, 5) is 10.3. The largest absolute Gasteiger partial charge is 0.303 e. The number of allylic oxidation sites excluding steroid dienone is 1. The predicted molar refractivity (Wildman–Crippen MR) is 39.5 cm³/mol. The van der Waals surface area contributed by atoms with Gasteiger partial charge >= 0.3 is 0 Å². The van der Waals surface area contributed by atoms with Crippen LogP contribution in [0.5, 0.6) is 0 Å². The molecule has 9 heavy (non-hydrogen) atoms. The van der Waals surface area contributed by atoms with Crippen molar-refractivity contribution in [3.05, 3.63) is 11.6 Å². The Kier molecular flexibility index (Phi) is 3.55. The van der Waals surface area contributed by atoms with E-state index < -0.39 is 0 Å². The Morgan fingerprint density at radius 2 is 2.11 bits per heavy atom. The van der Waals surface area contributed by atoms with Crippen molar-refractivity contribution in [2.45, 2.75) is 20.3 Å². The zero-order valence-corrected chi connectivity index (χ0v) is 6.48. The van der Waals surface area contributed by atoms with E-state index in [-0.39, 0.29) is 5.41 Å². The fraction of sp³-hybridized carbons (Fsp3) is 0.571. The molecule has 0 rings (SSSR count). The van der Waals surface area contributed by atoms with Crippen LogP contribution >= 0.6 is 11.6 Å². The summed E-state index contributed by atoms with van der Waals surface area (Å²) in [6.07, 6.45) is 3.42. The van der Waals surface area contributed by atoms with E-state index in [1.54, 1.807) is 6.08 Å². The van der Waals surface area contributed by atoms with Gasteiger partial charge in [0, 0.05) is 11.0 Å². The van der Waals surface area contributed by atoms with Gasteiger partial charge in [-0.2, -0.15) is 0 Å². The molecule has 52 valence electrons. The van der Waals surface area contributed by atoms with Crippen LogP contribution in [0.25, 0.3) is 0 Å². The second-order valence-electron chi connectivity index (χ2n) is 2.67. The highest BCUT2D eigenvalue weighted by Crippen LogP contribution is 2.16. The minimum absolute atomic E-state index is 0.259. The number of halogens is 1. The molecular weight excluding hydrogens is 136 g/mol. The number of hydrogen-bond donors (Lipinski definition) is 0. The van der Waals surface area contributed by atoms with Gasteiger partial charge in [-0.1, -0.05) is 31.5 Å². The molecule has 0 saturated carbocycles. The maximum absolute atomic E-state index is 10.3. The van der Waals surface area contributed by atoms with Crippen molar-refractivity contribution >= 4 is 17.9 Å². The standard InChI is InChI=1S/C7H11ClO/c1-7(2,6-9)4-3-5-8/h3,5-6H,4H2,1-2H3/b5-3+. The van der Waals surface area contributed by atoms with Crippen LogP contribution in [0.15, 0.2) is 11.6 Å². The molecule has 0 N–H and O–H groups in total. The lowest BCUT2D eigenvalue weighted by molar-refractivity contribution is -0.114. The lowest BCUT2D eigenvalue weighted by Crippen LogP contribution is -2.10. The molecule has 2 heteroatoms. The average molecular weight is 147 g/mol. The third-order valence-corrected chi connectivity index (χ3v) is 1.23. The van der Waals surface area contributed by atoms with Crippen molar-refractivity contribution in [2.24, 2.45) is 5.41 Å². The highest BCUT2D eigenvalue weighted by Gasteiger charge is 2.12. The molecule has 0 fully saturated rings. The zero-order valence-electron chi connectivity index (χ0n) is 5.73. The van der Waals surface area contributed by atoms with Crippen LogP contribution in [0.2, 0.25) is 0 Å². The van der Waals surface area contributed by atoms with Crippen molar-refractivity contribution in [3.63, 3.8) is 0 Å². The first kappa shape index (κ1) is 8.70. The Labute approximate surface area is 60.7 Å². The average Bonchev–Trinajstić information content (AvgIpc) is 1.84. The Balaban J connectivity index is 3.71. The minimum Gasteiger partial charge on any atom is -0.303 e. The lowest BCUT2D eigenvalue weighted by atomic mass is 9.92. The van der Waals surface area contributed by atoms with Gasteiger partial charge in [-0.15, -0.1) is 0 Å². The molecule has 0 aliphatic rings. The fourth-order valence-electron chi connectivity index (χ4n) is 0.396. The Bertz CT molecular complexity index is 116. The molecule has 0 bridgehead atoms. The molecule has 0 saturated heterocycles. The van der Waals surface area contributed by atoms with Crippen molar-refractivity contribution < 1.29 is 4.79 Å². The Morgan fingerprint density at radius 3 is 2.44 bits per heavy atom. The van der Waals surface area contributed by atoms with Gasteiger partial charge in [0.25, 0.3) is 0 Å². The second kappa shape index (κ2) is 3.67. The quantitative estimate of drug-likeness (QED) is 0.559. The van der Waals surface area contributed by atoms with Crippen molar-refractivity contribution in [3.8, 4) is 0 Å². The van der Waals surface area contributed by atoms with E-state index in [1.807, 2.05) is 13.8 Å². The van der Waals surface area contributed by atoms with Crippen LogP contribution in [0.1, 0.15) is 20.3 Å². The number of hydrogen-bond acceptors (Lipinski definition) is 1. The molecular formula is C7H11ClO. The molecule has 0 aromatic rings. The molecule has 0 radical (unpaired) electrons. The van der Waals surface area contributed by atoms with Gasteiger partial charge in [-0.05, 0) is 6.42 Å². The van der Waals surface area contributed by atoms with E-state index in [0.29, 0.717) is 6.42 Å². The monoisotopic (exact) mass is 146 g/mol. The molecule has 0 aliphatic carbocycles. The SMILES string of the molecule is CC(C)(C=O)C/C=C/Cl. The maximum Gasteiger partial charge on any atom is 0.125 e. The number of carbonyl (C=O) groups is 1. The predicted octanol–water partition coefficient (Wildman–Crippen LogP) is 2.35. The van der Waals surface area contributed by atoms with E-state index in [1.165, 1.54) is 5.54 Å². The van der Waals surface area contributed by atoms with Crippen LogP contribution < -0.4 is 0 Å². The topological polar surface area (TPSA) is 17.1 Å². The maximum atomic E-state index is 10.3. The van der Waals surface area contributed by atoms with E-state index in [2.05, 4.69) is 0 Å². The molecule has 0 heterocycles. The minimum atomic E-state index is -0.259. The van der Waals surface area contributed by atoms with E-state index in [4.69, 9.17) is 11.6 Å². The molecule has 1 nitrogen and oxygen atoms in total. The van der Waals surface area contributed by atoms with E-state index in [0.717, 1.165) is 6.29 Å². The summed E-state index contributed by atoms with van der Waals surface area (Å²) < 4.78 is 0. The smallest absolute Gasteiger partial charge is 0.125 e. The fourth-order valence-corrected chi connectivity index (χ4v) is 0.485. The Hall–Kier alpha value is -0.300. The zero-order chi connectivity index (χ0) is 7.33. The molecule has 0 aromatic heterocycles. The molecule has 0 atom stereocenters. The first-order chi connectivity index (χ1) is 4.12. The van der Waals surface area contributed by atoms with Crippen LogP contribution in [0, 0.1) is 5.41 Å². The highest BCUT2D eigenvalue weighted by atomic mass is 35.5. The normalized spacial score (nSPS) is 12.3. The second-order valence-corrected chi connectivity index (χ2v) is 2.92. The number of rotatable bonds is 3. The van der Waals surface area contributed by atoms with Crippen molar-refractivity contribution in [1.29, 1.82) is 0 Å². The summed E-state index contributed by atoms with van der Waals surface area (Å²) in [5.74, 6) is 0. The van der Waals surface area contributed by atoms with Crippen LogP contribution in [0.3, 0.4) is 0 Å². The van der Waals surface area contributed by atoms with Crippen molar-refractivity contribution in [1.82, 2.24) is 0 Å². The van der Waals surface area contributed by atoms with Gasteiger partial charge in [-0.3, -0.25) is 0 Å². The molecule has 0 unspecified atom stereocenters. The molecule has 0 spiro atoms. The highest BCUT2D eigenvalue weighted by molar-refractivity contribution is 6.25. The first-order valence-corrected chi connectivity index (χ1v) is 3.27. The summed E-state index contributed by atoms with van der Waals surface area (Å²) in [5, 5.41) is 0. The van der Waals surface area contributed by atoms with Crippen molar-refractivity contribution in [2.75, 3.05) is 0 Å². The summed E-state index contributed by atoms with van der Waals surface area (Å²) in [5.41, 5.74) is 1.18. The molecule has 0 amide bonds. The third-order valence-electron chi connectivity index (χ3n) is 1.05. The van der Waals surface area contributed by atoms with Gasteiger partial charge in [0.2, 0.25) is 0 Å². The summed E-state index contributed by atoms with van der Waals surface area (Å²) in [6, 6.07) is 0. The van der Waals surface area contributed by atoms with E-state index >= 15 is 0 Å². The molecule has 0 aromatic carbocycles. The van der Waals surface area contributed by atoms with Crippen LogP contribution in [0.4, 0.5) is 0 Å². The summed E-state index contributed by atoms with van der Waals surface area (Å²) >= 11 is 5.27. The van der Waals surface area contributed by atoms with Crippen LogP contribution in [-0.4, -0.2) is 6.29 Å². The number of aldehydes is 1. The van der Waals surface area contributed by atoms with Gasteiger partial charge in [-0.25, -0.2) is 0 Å². The van der Waals surface area contributed by atoms with Gasteiger partial charge in [0.1, 0.15) is 6.29 Å². The lowest BCUT2D eigenvalue weighted by Gasteiger charge is -2.11. The van der Waals surface area contributed by atoms with Gasteiger partial charge < -0.3 is 4.79 Å². The third kappa shape index (κ3) is 4.22. The van der Waals surface area contributed by atoms with E-state index in [9.17, 15) is 4.79 Å². The first-order valence-electron chi connectivity index (χ1n) is 2.84. The summed E-state index contributed by atoms with van der Waals surface area (Å²) in [7, 11) is 0. The van der Waals surface area contributed by atoms with Gasteiger partial charge in [0.05, 0.1) is 0 Å². The summed E-state index contributed by atoms with van der Waals surface area (Å²) in [6.45, 7) is 3.74.